The molecule has 0 amide bonds. The Morgan fingerprint density at radius 2 is 0.388 bits per heavy atom. The number of hydrogen-bond donors (Lipinski definition) is 0. The molecule has 0 N–H and O–H groups in total. The fraction of sp³-hybridized carbons (Fsp3) is 1.00. The Labute approximate surface area is 315 Å². The molecule has 0 aliphatic carbocycles. The molecular weight excluding hydrogens is 700 g/mol. The first kappa shape index (κ1) is 56.0. The largest absolute Gasteiger partial charge is 3.00 e. The fourth-order valence-electron chi connectivity index (χ4n) is 5.30. The monoisotopic (exact) mass is 774 g/mol. The van der Waals surface area contributed by atoms with Gasteiger partial charge in [-0.2, -0.15) is 0 Å². The minimum Gasteiger partial charge on any atom is -0.748 e. The van der Waals surface area contributed by atoms with E-state index in [9.17, 15) is 38.9 Å². The molecule has 0 fully saturated rings. The van der Waals surface area contributed by atoms with Crippen molar-refractivity contribution in [2.24, 2.45) is 0 Å². The Morgan fingerprint density at radius 3 is 0.510 bits per heavy atom. The van der Waals surface area contributed by atoms with Gasteiger partial charge in [-0.15, -0.1) is 0 Å². The maximum Gasteiger partial charge on any atom is 3.00 e. The van der Waals surface area contributed by atoms with E-state index in [0.29, 0.717) is 19.3 Å². The quantitative estimate of drug-likeness (QED) is 0.0357. The van der Waals surface area contributed by atoms with Crippen LogP contribution in [0.1, 0.15) is 213 Å². The molecule has 0 saturated heterocycles. The summed E-state index contributed by atoms with van der Waals surface area (Å²) in [6.45, 7) is 6.64. The fourth-order valence-corrected chi connectivity index (χ4v) is 6.97. The van der Waals surface area contributed by atoms with Crippen LogP contribution in [0.25, 0.3) is 0 Å². The van der Waals surface area contributed by atoms with Crippen molar-refractivity contribution >= 4 is 47.7 Å². The molecule has 0 heterocycles. The van der Waals surface area contributed by atoms with E-state index in [-0.39, 0.29) is 34.6 Å². The van der Waals surface area contributed by atoms with Crippen LogP contribution in [0.4, 0.5) is 0 Å². The van der Waals surface area contributed by atoms with Crippen LogP contribution >= 0.6 is 0 Å². The molecule has 9 nitrogen and oxygen atoms in total. The van der Waals surface area contributed by atoms with Crippen molar-refractivity contribution in [3.63, 3.8) is 0 Å². The van der Waals surface area contributed by atoms with Gasteiger partial charge in [0.15, 0.2) is 0 Å². The molecule has 0 saturated carbocycles. The van der Waals surface area contributed by atoms with Gasteiger partial charge in [0.2, 0.25) is 0 Å². The molecule has 0 unspecified atom stereocenters. The topological polar surface area (TPSA) is 172 Å². The molecule has 0 aliphatic rings. The Bertz CT molecular complexity index is 835. The van der Waals surface area contributed by atoms with Crippen LogP contribution in [-0.4, -0.2) is 73.5 Å². The summed E-state index contributed by atoms with van der Waals surface area (Å²) in [5.41, 5.74) is 0. The third-order valence-electron chi connectivity index (χ3n) is 8.24. The predicted molar refractivity (Wildman–Crippen MR) is 205 cm³/mol. The zero-order valence-corrected chi connectivity index (χ0v) is 35.4. The molecule has 294 valence electrons. The van der Waals surface area contributed by atoms with Crippen molar-refractivity contribution in [1.29, 1.82) is 0 Å². The number of unbranched alkanes of at least 4 members (excludes halogenated alkanes) is 27. The molecule has 13 heteroatoms. The standard InChI is InChI=1S/3C12H26O3S.Al/c3*1-2-3-4-5-6-7-8-9-10-11-12-16(13,14)15;/h3*2-12H2,1H3,(H,13,14,15);/q;;;+3/p-3. The molecule has 0 aromatic heterocycles. The third-order valence-corrected chi connectivity index (χ3v) is 10.6. The van der Waals surface area contributed by atoms with Gasteiger partial charge >= 0.3 is 17.4 Å². The zero-order valence-electron chi connectivity index (χ0n) is 31.8. The van der Waals surface area contributed by atoms with E-state index in [1.807, 2.05) is 0 Å². The van der Waals surface area contributed by atoms with Gasteiger partial charge in [0.1, 0.15) is 0 Å². The average Bonchev–Trinajstić information content (AvgIpc) is 2.99. The molecule has 0 atom stereocenters. The molecule has 49 heavy (non-hydrogen) atoms. The van der Waals surface area contributed by atoms with Gasteiger partial charge in [-0.1, -0.05) is 194 Å². The maximum atomic E-state index is 10.3. The van der Waals surface area contributed by atoms with Crippen LogP contribution in [-0.2, 0) is 30.4 Å². The molecule has 0 aliphatic heterocycles. The molecular formula is C36H75AlO9S3. The minimum atomic E-state index is -3.98. The van der Waals surface area contributed by atoms with E-state index in [1.165, 1.54) is 135 Å². The van der Waals surface area contributed by atoms with Crippen LogP contribution < -0.4 is 0 Å². The Kier molecular flexibility index (Phi) is 46.9. The minimum absolute atomic E-state index is 0. The third kappa shape index (κ3) is 67.0. The maximum absolute atomic E-state index is 10.3. The second-order valence-corrected chi connectivity index (χ2v) is 17.9. The summed E-state index contributed by atoms with van der Waals surface area (Å²) in [6, 6.07) is 0. The SMILES string of the molecule is CCCCCCCCCCCCS(=O)(=O)[O-].CCCCCCCCCCCCS(=O)(=O)[O-].CCCCCCCCCCCCS(=O)(=O)[O-].[Al+3]. The van der Waals surface area contributed by atoms with Gasteiger partial charge in [-0.25, -0.2) is 25.3 Å². The summed E-state index contributed by atoms with van der Waals surface area (Å²) in [4.78, 5) is 0. The van der Waals surface area contributed by atoms with Gasteiger partial charge in [-0.3, -0.25) is 0 Å². The Morgan fingerprint density at radius 1 is 0.265 bits per heavy atom. The first-order valence-electron chi connectivity index (χ1n) is 19.5. The van der Waals surface area contributed by atoms with Crippen LogP contribution in [0.3, 0.4) is 0 Å². The normalized spacial score (nSPS) is 11.6. The van der Waals surface area contributed by atoms with Crippen LogP contribution in [0.2, 0.25) is 0 Å². The van der Waals surface area contributed by atoms with Crippen LogP contribution in [0.5, 0.6) is 0 Å². The average molecular weight is 775 g/mol. The van der Waals surface area contributed by atoms with Crippen molar-refractivity contribution in [2.45, 2.75) is 213 Å². The van der Waals surface area contributed by atoms with Gasteiger partial charge in [-0.05, 0) is 19.3 Å². The van der Waals surface area contributed by atoms with Crippen molar-refractivity contribution in [2.75, 3.05) is 17.3 Å². The molecule has 0 aromatic carbocycles. The second-order valence-electron chi connectivity index (χ2n) is 13.3. The van der Waals surface area contributed by atoms with Crippen LogP contribution in [0, 0.1) is 0 Å². The number of hydrogen-bond acceptors (Lipinski definition) is 9. The van der Waals surface area contributed by atoms with Gasteiger partial charge < -0.3 is 13.7 Å². The van der Waals surface area contributed by atoms with Gasteiger partial charge in [0, 0.05) is 17.3 Å². The summed E-state index contributed by atoms with van der Waals surface area (Å²) in [7, 11) is -11.9. The van der Waals surface area contributed by atoms with E-state index in [4.69, 9.17) is 0 Å². The first-order valence-corrected chi connectivity index (χ1v) is 24.2. The van der Waals surface area contributed by atoms with E-state index in [2.05, 4.69) is 20.8 Å². The molecule has 0 spiro atoms. The van der Waals surface area contributed by atoms with E-state index < -0.39 is 30.4 Å². The van der Waals surface area contributed by atoms with Crippen LogP contribution in [0.15, 0.2) is 0 Å². The predicted octanol–water partition coefficient (Wildman–Crippen LogP) is 9.98. The van der Waals surface area contributed by atoms with Crippen molar-refractivity contribution in [1.82, 2.24) is 0 Å². The number of rotatable bonds is 33. The van der Waals surface area contributed by atoms with Crippen molar-refractivity contribution in [3.8, 4) is 0 Å². The molecule has 0 bridgehead atoms. The summed E-state index contributed by atoms with van der Waals surface area (Å²) in [6.07, 6.45) is 34.3. The van der Waals surface area contributed by atoms with E-state index >= 15 is 0 Å². The van der Waals surface area contributed by atoms with E-state index in [0.717, 1.165) is 38.5 Å². The second kappa shape index (κ2) is 41.0. The van der Waals surface area contributed by atoms with Gasteiger partial charge in [0.05, 0.1) is 30.4 Å². The van der Waals surface area contributed by atoms with E-state index in [1.54, 1.807) is 0 Å². The summed E-state index contributed by atoms with van der Waals surface area (Å²) in [5.74, 6) is -0.573. The summed E-state index contributed by atoms with van der Waals surface area (Å²) >= 11 is 0. The molecule has 0 rings (SSSR count). The summed E-state index contributed by atoms with van der Waals surface area (Å²) in [5, 5.41) is 0. The Balaban J connectivity index is -0.000000307. The summed E-state index contributed by atoms with van der Waals surface area (Å²) < 4.78 is 92.8. The Hall–Kier alpha value is 0.262. The van der Waals surface area contributed by atoms with Crippen molar-refractivity contribution < 1.29 is 38.9 Å². The van der Waals surface area contributed by atoms with Gasteiger partial charge in [0.25, 0.3) is 0 Å². The smallest absolute Gasteiger partial charge is 0.748 e. The molecule has 0 aromatic rings. The van der Waals surface area contributed by atoms with Crippen molar-refractivity contribution in [3.05, 3.63) is 0 Å². The zero-order chi connectivity index (χ0) is 36.8. The molecule has 0 radical (unpaired) electrons. The first-order chi connectivity index (χ1) is 22.7.